The molecule has 1 heterocycles. The molecule has 1 aromatic heterocycles. The van der Waals surface area contributed by atoms with Crippen LogP contribution in [-0.4, -0.2) is 66.0 Å². The Kier molecular flexibility index (Phi) is 10.8. The fourth-order valence-corrected chi connectivity index (χ4v) is 3.45. The average molecular weight is 580 g/mol. The molecule has 3 rings (SSSR count). The van der Waals surface area contributed by atoms with Gasteiger partial charge in [0.05, 0.1) is 25.8 Å². The van der Waals surface area contributed by atoms with E-state index in [2.05, 4.69) is 15.3 Å². The van der Waals surface area contributed by atoms with Gasteiger partial charge in [-0.3, -0.25) is 10.2 Å². The number of hydrazine groups is 1. The molecule has 14 heteroatoms. The summed E-state index contributed by atoms with van der Waals surface area (Å²) in [4.78, 5) is 36.4. The number of ether oxygens (including phenoxy) is 4. The number of amides is 1. The van der Waals surface area contributed by atoms with E-state index in [-0.39, 0.29) is 18.2 Å². The Morgan fingerprint density at radius 1 is 1.12 bits per heavy atom. The van der Waals surface area contributed by atoms with E-state index in [1.807, 2.05) is 0 Å². The molecule has 1 atom stereocenters. The standard InChI is InChI=1S/C26H27ClFN3O9/c1-15(2)39-26(35)38-14-37-25(34)21(32)13-31(29-24(33)22-11-23(36-3)30-40-22)12-16-4-6-17(7-5-16)19-10-18(27)8-9-20(19)28/h4-11,15,21,32H,12-14H2,1-3H3,(H,29,33)/t21-/m1/s1. The summed E-state index contributed by atoms with van der Waals surface area (Å²) in [6.07, 6.45) is -3.24. The first-order valence-electron chi connectivity index (χ1n) is 11.8. The van der Waals surface area contributed by atoms with Crippen molar-refractivity contribution in [3.8, 4) is 17.0 Å². The highest BCUT2D eigenvalue weighted by molar-refractivity contribution is 6.30. The molecule has 0 saturated heterocycles. The number of nitrogens with zero attached hydrogens (tertiary/aromatic N) is 2. The van der Waals surface area contributed by atoms with Crippen molar-refractivity contribution in [2.24, 2.45) is 0 Å². The number of aliphatic hydroxyl groups excluding tert-OH is 1. The Labute approximate surface area is 233 Å². The second-order valence-electron chi connectivity index (χ2n) is 8.53. The van der Waals surface area contributed by atoms with Crippen molar-refractivity contribution in [2.75, 3.05) is 20.4 Å². The Bertz CT molecular complexity index is 1320. The van der Waals surface area contributed by atoms with Crippen LogP contribution in [0, 0.1) is 5.82 Å². The number of esters is 1. The molecule has 0 unspecified atom stereocenters. The zero-order chi connectivity index (χ0) is 29.2. The monoisotopic (exact) mass is 579 g/mol. The third-order valence-electron chi connectivity index (χ3n) is 5.12. The summed E-state index contributed by atoms with van der Waals surface area (Å²) < 4.78 is 38.2. The van der Waals surface area contributed by atoms with Gasteiger partial charge in [0.1, 0.15) is 5.82 Å². The lowest BCUT2D eigenvalue weighted by Gasteiger charge is -2.24. The summed E-state index contributed by atoms with van der Waals surface area (Å²) in [6, 6.07) is 12.1. The number of nitrogens with one attached hydrogen (secondary N) is 1. The lowest BCUT2D eigenvalue weighted by molar-refractivity contribution is -0.164. The number of halogens is 2. The summed E-state index contributed by atoms with van der Waals surface area (Å²) in [6.45, 7) is 2.00. The molecule has 0 bridgehead atoms. The zero-order valence-electron chi connectivity index (χ0n) is 21.8. The van der Waals surface area contributed by atoms with Crippen LogP contribution in [0.2, 0.25) is 5.02 Å². The summed E-state index contributed by atoms with van der Waals surface area (Å²) in [5.41, 5.74) is 4.01. The van der Waals surface area contributed by atoms with Gasteiger partial charge >= 0.3 is 18.0 Å². The van der Waals surface area contributed by atoms with Gasteiger partial charge in [0, 0.05) is 17.1 Å². The second kappa shape index (κ2) is 14.3. The fraction of sp³-hybridized carbons (Fsp3) is 0.308. The van der Waals surface area contributed by atoms with E-state index < -0.39 is 49.4 Å². The molecule has 0 aliphatic heterocycles. The average Bonchev–Trinajstić information content (AvgIpc) is 3.40. The van der Waals surface area contributed by atoms with Crippen molar-refractivity contribution in [2.45, 2.75) is 32.6 Å². The number of rotatable bonds is 12. The molecule has 1 amide bonds. The SMILES string of the molecule is COc1cc(C(=O)NN(Cc2ccc(-c3cc(Cl)ccc3F)cc2)C[C@@H](O)C(=O)OCOC(=O)OC(C)C)on1. The highest BCUT2D eigenvalue weighted by Gasteiger charge is 2.24. The molecule has 2 N–H and O–H groups in total. The minimum absolute atomic E-state index is 0.00310. The number of hydrogen-bond donors (Lipinski definition) is 2. The van der Waals surface area contributed by atoms with Crippen molar-refractivity contribution in [1.82, 2.24) is 15.6 Å². The van der Waals surface area contributed by atoms with Crippen LogP contribution in [0.3, 0.4) is 0 Å². The number of aliphatic hydroxyl groups is 1. The normalized spacial score (nSPS) is 11.7. The molecule has 40 heavy (non-hydrogen) atoms. The highest BCUT2D eigenvalue weighted by atomic mass is 35.5. The van der Waals surface area contributed by atoms with E-state index in [4.69, 9.17) is 30.3 Å². The van der Waals surface area contributed by atoms with Crippen molar-refractivity contribution >= 4 is 29.6 Å². The summed E-state index contributed by atoms with van der Waals surface area (Å²) >= 11 is 5.99. The largest absolute Gasteiger partial charge is 0.511 e. The zero-order valence-corrected chi connectivity index (χ0v) is 22.5. The van der Waals surface area contributed by atoms with Gasteiger partial charge in [-0.2, -0.15) is 0 Å². The van der Waals surface area contributed by atoms with Gasteiger partial charge in [-0.25, -0.2) is 19.0 Å². The van der Waals surface area contributed by atoms with Gasteiger partial charge in [0.2, 0.25) is 12.6 Å². The Hall–Kier alpha value is -4.20. The number of aromatic nitrogens is 1. The maximum Gasteiger partial charge on any atom is 0.511 e. The van der Waals surface area contributed by atoms with Crippen LogP contribution in [0.1, 0.15) is 30.0 Å². The first kappa shape index (κ1) is 30.3. The molecule has 2 aromatic carbocycles. The van der Waals surface area contributed by atoms with Crippen LogP contribution >= 0.6 is 11.6 Å². The Balaban J connectivity index is 1.69. The summed E-state index contributed by atoms with van der Waals surface area (Å²) in [5, 5.41) is 15.6. The lowest BCUT2D eigenvalue weighted by Crippen LogP contribution is -2.47. The molecule has 0 spiro atoms. The quantitative estimate of drug-likeness (QED) is 0.184. The molecule has 0 fully saturated rings. The number of carbonyl (C=O) groups excluding carboxylic acids is 3. The smallest absolute Gasteiger partial charge is 0.479 e. The van der Waals surface area contributed by atoms with Crippen LogP contribution in [0.25, 0.3) is 11.1 Å². The van der Waals surface area contributed by atoms with E-state index in [9.17, 15) is 23.9 Å². The van der Waals surface area contributed by atoms with E-state index in [1.165, 1.54) is 36.4 Å². The van der Waals surface area contributed by atoms with Crippen LogP contribution in [0.4, 0.5) is 9.18 Å². The molecule has 0 radical (unpaired) electrons. The van der Waals surface area contributed by atoms with E-state index >= 15 is 0 Å². The molecule has 3 aromatic rings. The number of carbonyl (C=O) groups is 3. The van der Waals surface area contributed by atoms with Gasteiger partial charge < -0.3 is 28.6 Å². The number of methoxy groups -OCH3 is 1. The fourth-order valence-electron chi connectivity index (χ4n) is 3.28. The molecular weight excluding hydrogens is 553 g/mol. The van der Waals surface area contributed by atoms with Gasteiger partial charge in [-0.1, -0.05) is 35.9 Å². The van der Waals surface area contributed by atoms with Crippen LogP contribution in [0.5, 0.6) is 5.88 Å². The van der Waals surface area contributed by atoms with Crippen molar-refractivity contribution in [1.29, 1.82) is 0 Å². The molecule has 0 aliphatic carbocycles. The lowest BCUT2D eigenvalue weighted by atomic mass is 10.0. The summed E-state index contributed by atoms with van der Waals surface area (Å²) in [7, 11) is 1.35. The second-order valence-corrected chi connectivity index (χ2v) is 8.97. The van der Waals surface area contributed by atoms with Gasteiger partial charge in [0.15, 0.2) is 6.10 Å². The molecule has 12 nitrogen and oxygen atoms in total. The van der Waals surface area contributed by atoms with Crippen LogP contribution < -0.4 is 10.2 Å². The van der Waals surface area contributed by atoms with Crippen molar-refractivity contribution in [3.63, 3.8) is 0 Å². The van der Waals surface area contributed by atoms with E-state index in [0.717, 1.165) is 0 Å². The first-order valence-corrected chi connectivity index (χ1v) is 12.2. The maximum atomic E-state index is 14.3. The van der Waals surface area contributed by atoms with Gasteiger partial charge in [-0.05, 0) is 48.3 Å². The Morgan fingerprint density at radius 3 is 2.50 bits per heavy atom. The third kappa shape index (κ3) is 8.93. The van der Waals surface area contributed by atoms with Gasteiger partial charge in [0.25, 0.3) is 5.88 Å². The minimum Gasteiger partial charge on any atom is -0.479 e. The van der Waals surface area contributed by atoms with Crippen LogP contribution in [-0.2, 0) is 25.5 Å². The number of benzene rings is 2. The van der Waals surface area contributed by atoms with Crippen molar-refractivity contribution in [3.05, 3.63) is 70.7 Å². The minimum atomic E-state index is -1.76. The molecular formula is C26H27ClFN3O9. The summed E-state index contributed by atoms with van der Waals surface area (Å²) in [5.74, 6) is -2.43. The predicted octanol–water partition coefficient (Wildman–Crippen LogP) is 3.71. The van der Waals surface area contributed by atoms with Crippen LogP contribution in [0.15, 0.2) is 53.1 Å². The first-order chi connectivity index (χ1) is 19.0. The molecule has 0 aliphatic rings. The predicted molar refractivity (Wildman–Crippen MR) is 137 cm³/mol. The van der Waals surface area contributed by atoms with Gasteiger partial charge in [-0.15, -0.1) is 0 Å². The van der Waals surface area contributed by atoms with E-state index in [1.54, 1.807) is 38.1 Å². The maximum absolute atomic E-state index is 14.3. The molecule has 214 valence electrons. The number of hydrogen-bond acceptors (Lipinski definition) is 11. The Morgan fingerprint density at radius 2 is 1.85 bits per heavy atom. The van der Waals surface area contributed by atoms with E-state index in [0.29, 0.717) is 21.7 Å². The van der Waals surface area contributed by atoms with Crippen molar-refractivity contribution < 1.29 is 47.4 Å². The molecule has 0 saturated carbocycles. The highest BCUT2D eigenvalue weighted by Crippen LogP contribution is 2.26. The third-order valence-corrected chi connectivity index (χ3v) is 5.36. The topological polar surface area (TPSA) is 150 Å².